The second-order valence-electron chi connectivity index (χ2n) is 5.14. The van der Waals surface area contributed by atoms with E-state index >= 15 is 0 Å². The summed E-state index contributed by atoms with van der Waals surface area (Å²) in [5.74, 6) is 8.44. The van der Waals surface area contributed by atoms with Crippen LogP contribution in [-0.2, 0) is 0 Å². The summed E-state index contributed by atoms with van der Waals surface area (Å²) in [6.45, 7) is 9.15. The van der Waals surface area contributed by atoms with Crippen molar-refractivity contribution in [3.8, 4) is 11.8 Å². The fourth-order valence-corrected chi connectivity index (χ4v) is 2.19. The fourth-order valence-electron chi connectivity index (χ4n) is 2.19. The summed E-state index contributed by atoms with van der Waals surface area (Å²) in [6, 6.07) is 0. The minimum atomic E-state index is 0.650. The summed E-state index contributed by atoms with van der Waals surface area (Å²) in [5.41, 5.74) is 0. The molecule has 0 bridgehead atoms. The van der Waals surface area contributed by atoms with E-state index in [4.69, 9.17) is 0 Å². The third kappa shape index (κ3) is 9.28. The van der Waals surface area contributed by atoms with Gasteiger partial charge in [0.25, 0.3) is 0 Å². The molecule has 0 rings (SSSR count). The van der Waals surface area contributed by atoms with Crippen LogP contribution < -0.4 is 0 Å². The Morgan fingerprint density at radius 3 is 2.06 bits per heavy atom. The van der Waals surface area contributed by atoms with E-state index in [1.54, 1.807) is 0 Å². The molecule has 0 nitrogen and oxygen atoms in total. The Morgan fingerprint density at radius 2 is 1.53 bits per heavy atom. The van der Waals surface area contributed by atoms with E-state index in [-0.39, 0.29) is 0 Å². The molecule has 0 radical (unpaired) electrons. The molecule has 0 amide bonds. The van der Waals surface area contributed by atoms with Gasteiger partial charge >= 0.3 is 0 Å². The van der Waals surface area contributed by atoms with Crippen LogP contribution in [0.25, 0.3) is 0 Å². The zero-order valence-electron chi connectivity index (χ0n) is 12.5. The summed E-state index contributed by atoms with van der Waals surface area (Å²) < 4.78 is 0. The molecule has 0 aliphatic heterocycles. The largest absolute Gasteiger partial charge is 0.103 e. The predicted molar refractivity (Wildman–Crippen MR) is 79.0 cm³/mol. The van der Waals surface area contributed by atoms with Crippen molar-refractivity contribution in [1.29, 1.82) is 0 Å². The van der Waals surface area contributed by atoms with Crippen LogP contribution >= 0.6 is 0 Å². The average Bonchev–Trinajstić information content (AvgIpc) is 2.37. The Labute approximate surface area is 110 Å². The monoisotopic (exact) mass is 236 g/mol. The molecule has 0 heteroatoms. The van der Waals surface area contributed by atoms with E-state index in [1.165, 1.54) is 51.4 Å². The van der Waals surface area contributed by atoms with Gasteiger partial charge in [0, 0.05) is 12.3 Å². The molecule has 0 aromatic heterocycles. The Hall–Kier alpha value is -0.440. The van der Waals surface area contributed by atoms with E-state index < -0.39 is 0 Å². The van der Waals surface area contributed by atoms with E-state index in [0.717, 1.165) is 12.3 Å². The van der Waals surface area contributed by atoms with Crippen molar-refractivity contribution in [2.45, 2.75) is 85.5 Å². The van der Waals surface area contributed by atoms with Gasteiger partial charge in [0.15, 0.2) is 0 Å². The van der Waals surface area contributed by atoms with Gasteiger partial charge in [0.2, 0.25) is 0 Å². The van der Waals surface area contributed by atoms with Crippen molar-refractivity contribution >= 4 is 0 Å². The number of rotatable bonds is 9. The molecule has 1 unspecified atom stereocenters. The molecule has 0 heterocycles. The number of hydrogen-bond donors (Lipinski definition) is 0. The second kappa shape index (κ2) is 12.0. The van der Waals surface area contributed by atoms with Gasteiger partial charge in [-0.1, -0.05) is 59.3 Å². The Morgan fingerprint density at radius 1 is 0.824 bits per heavy atom. The molecule has 0 saturated carbocycles. The average molecular weight is 236 g/mol. The quantitative estimate of drug-likeness (QED) is 0.350. The van der Waals surface area contributed by atoms with Crippen molar-refractivity contribution in [2.75, 3.05) is 0 Å². The number of hydrogen-bond acceptors (Lipinski definition) is 0. The van der Waals surface area contributed by atoms with Gasteiger partial charge in [0.1, 0.15) is 0 Å². The van der Waals surface area contributed by atoms with Crippen LogP contribution in [0.5, 0.6) is 0 Å². The molecule has 0 aromatic rings. The van der Waals surface area contributed by atoms with E-state index in [9.17, 15) is 0 Å². The highest BCUT2D eigenvalue weighted by molar-refractivity contribution is 5.03. The summed E-state index contributed by atoms with van der Waals surface area (Å²) >= 11 is 0. The van der Waals surface area contributed by atoms with Gasteiger partial charge in [0.05, 0.1) is 0 Å². The lowest BCUT2D eigenvalue weighted by Crippen LogP contribution is -2.02. The first-order valence-electron chi connectivity index (χ1n) is 7.76. The molecule has 1 atom stereocenters. The SMILES string of the molecule is CCCCCC#CC(CC)CCC(CC)CC. The van der Waals surface area contributed by atoms with Crippen LogP contribution in [0.1, 0.15) is 85.5 Å². The maximum atomic E-state index is 3.48. The normalized spacial score (nSPS) is 12.3. The van der Waals surface area contributed by atoms with Gasteiger partial charge in [-0.3, -0.25) is 0 Å². The van der Waals surface area contributed by atoms with Crippen molar-refractivity contribution in [2.24, 2.45) is 11.8 Å². The standard InChI is InChI=1S/C17H32/c1-5-9-10-11-12-13-17(8-4)15-14-16(6-2)7-3/h16-17H,5-11,14-15H2,1-4H3. The molecule has 0 fully saturated rings. The van der Waals surface area contributed by atoms with Crippen LogP contribution in [-0.4, -0.2) is 0 Å². The second-order valence-corrected chi connectivity index (χ2v) is 5.14. The smallest absolute Gasteiger partial charge is 0.0200 e. The third-order valence-corrected chi connectivity index (χ3v) is 3.78. The zero-order chi connectivity index (χ0) is 12.9. The molecular weight excluding hydrogens is 204 g/mol. The van der Waals surface area contributed by atoms with Crippen molar-refractivity contribution in [3.05, 3.63) is 0 Å². The highest BCUT2D eigenvalue weighted by atomic mass is 14.1. The third-order valence-electron chi connectivity index (χ3n) is 3.78. The van der Waals surface area contributed by atoms with Crippen LogP contribution in [0.15, 0.2) is 0 Å². The van der Waals surface area contributed by atoms with Gasteiger partial charge in [-0.2, -0.15) is 0 Å². The van der Waals surface area contributed by atoms with Crippen LogP contribution in [0, 0.1) is 23.7 Å². The molecule has 0 saturated heterocycles. The molecule has 0 aliphatic carbocycles. The Bertz CT molecular complexity index is 202. The topological polar surface area (TPSA) is 0 Å². The first-order chi connectivity index (χ1) is 8.28. The molecule has 0 aromatic carbocycles. The Kier molecular flexibility index (Phi) is 11.7. The summed E-state index contributed by atoms with van der Waals surface area (Å²) in [4.78, 5) is 0. The molecule has 0 aliphatic rings. The van der Waals surface area contributed by atoms with Gasteiger partial charge in [-0.15, -0.1) is 5.92 Å². The lowest BCUT2D eigenvalue weighted by molar-refractivity contribution is 0.407. The van der Waals surface area contributed by atoms with E-state index in [2.05, 4.69) is 39.5 Å². The molecule has 0 N–H and O–H groups in total. The molecule has 17 heavy (non-hydrogen) atoms. The first kappa shape index (κ1) is 16.6. The van der Waals surface area contributed by atoms with Gasteiger partial charge in [-0.05, 0) is 31.6 Å². The molecule has 100 valence electrons. The van der Waals surface area contributed by atoms with Crippen molar-refractivity contribution in [1.82, 2.24) is 0 Å². The fraction of sp³-hybridized carbons (Fsp3) is 0.882. The molecule has 0 spiro atoms. The summed E-state index contributed by atoms with van der Waals surface area (Å²) in [6.07, 6.45) is 11.6. The minimum Gasteiger partial charge on any atom is -0.103 e. The first-order valence-corrected chi connectivity index (χ1v) is 7.76. The molecular formula is C17H32. The maximum Gasteiger partial charge on any atom is 0.0200 e. The Balaban J connectivity index is 3.81. The predicted octanol–water partition coefficient (Wildman–Crippen LogP) is 5.81. The zero-order valence-corrected chi connectivity index (χ0v) is 12.5. The maximum absolute atomic E-state index is 3.48. The minimum absolute atomic E-state index is 0.650. The van der Waals surface area contributed by atoms with Gasteiger partial charge < -0.3 is 0 Å². The lowest BCUT2D eigenvalue weighted by Gasteiger charge is -2.14. The summed E-state index contributed by atoms with van der Waals surface area (Å²) in [5, 5.41) is 0. The van der Waals surface area contributed by atoms with E-state index in [1.807, 2.05) is 0 Å². The van der Waals surface area contributed by atoms with Crippen molar-refractivity contribution < 1.29 is 0 Å². The van der Waals surface area contributed by atoms with Crippen LogP contribution in [0.3, 0.4) is 0 Å². The van der Waals surface area contributed by atoms with Crippen LogP contribution in [0.2, 0.25) is 0 Å². The van der Waals surface area contributed by atoms with E-state index in [0.29, 0.717) is 5.92 Å². The lowest BCUT2D eigenvalue weighted by atomic mass is 9.91. The van der Waals surface area contributed by atoms with Gasteiger partial charge in [-0.25, -0.2) is 0 Å². The highest BCUT2D eigenvalue weighted by Gasteiger charge is 2.07. The van der Waals surface area contributed by atoms with Crippen LogP contribution in [0.4, 0.5) is 0 Å². The highest BCUT2D eigenvalue weighted by Crippen LogP contribution is 2.20. The number of unbranched alkanes of at least 4 members (excludes halogenated alkanes) is 3. The summed E-state index contributed by atoms with van der Waals surface area (Å²) in [7, 11) is 0. The van der Waals surface area contributed by atoms with Crippen molar-refractivity contribution in [3.63, 3.8) is 0 Å².